The summed E-state index contributed by atoms with van der Waals surface area (Å²) in [6, 6.07) is 4.74. The Hall–Kier alpha value is -2.10. The Labute approximate surface area is 159 Å². The van der Waals surface area contributed by atoms with Gasteiger partial charge in [-0.25, -0.2) is 8.42 Å². The molecule has 1 aliphatic heterocycles. The first kappa shape index (κ1) is 19.7. The topological polar surface area (TPSA) is 85.1 Å². The lowest BCUT2D eigenvalue weighted by molar-refractivity contribution is 0.180. The van der Waals surface area contributed by atoms with E-state index in [0.717, 1.165) is 17.0 Å². The highest BCUT2D eigenvalue weighted by Crippen LogP contribution is 2.31. The lowest BCUT2D eigenvalue weighted by Gasteiger charge is -2.34. The molecule has 0 unspecified atom stereocenters. The molecule has 8 nitrogen and oxygen atoms in total. The maximum Gasteiger partial charge on any atom is 0.246 e. The molecule has 148 valence electrons. The SMILES string of the molecule is COc1ccc(S(=O)(=O)N2CCN(Cc3c(C)noc3C)CC2)c(OC)c1. The summed E-state index contributed by atoms with van der Waals surface area (Å²) in [7, 11) is -0.654. The largest absolute Gasteiger partial charge is 0.497 e. The number of aromatic nitrogens is 1. The van der Waals surface area contributed by atoms with Crippen molar-refractivity contribution in [3.63, 3.8) is 0 Å². The van der Waals surface area contributed by atoms with Gasteiger partial charge in [-0.3, -0.25) is 4.90 Å². The fraction of sp³-hybridized carbons (Fsp3) is 0.500. The van der Waals surface area contributed by atoms with E-state index in [9.17, 15) is 8.42 Å². The molecule has 9 heteroatoms. The molecule has 0 amide bonds. The van der Waals surface area contributed by atoms with Gasteiger partial charge in [0, 0.05) is 44.4 Å². The molecule has 3 rings (SSSR count). The molecule has 1 aromatic carbocycles. The first-order chi connectivity index (χ1) is 12.9. The highest BCUT2D eigenvalue weighted by atomic mass is 32.2. The maximum absolute atomic E-state index is 13.1. The fourth-order valence-corrected chi connectivity index (χ4v) is 4.76. The van der Waals surface area contributed by atoms with Gasteiger partial charge in [0.15, 0.2) is 0 Å². The molecule has 2 aromatic rings. The summed E-state index contributed by atoms with van der Waals surface area (Å²) in [5.74, 6) is 1.65. The third kappa shape index (κ3) is 3.95. The minimum Gasteiger partial charge on any atom is -0.497 e. The summed E-state index contributed by atoms with van der Waals surface area (Å²) in [5.41, 5.74) is 1.95. The van der Waals surface area contributed by atoms with Crippen molar-refractivity contribution in [3.05, 3.63) is 35.2 Å². The summed E-state index contributed by atoms with van der Waals surface area (Å²) in [6.45, 7) is 6.64. The lowest BCUT2D eigenvalue weighted by Crippen LogP contribution is -2.48. The van der Waals surface area contributed by atoms with Crippen LogP contribution in [-0.4, -0.2) is 63.2 Å². The molecule has 0 radical (unpaired) electrons. The van der Waals surface area contributed by atoms with E-state index in [-0.39, 0.29) is 10.6 Å². The first-order valence-corrected chi connectivity index (χ1v) is 10.2. The summed E-state index contributed by atoms with van der Waals surface area (Å²) < 4.78 is 43.2. The minimum atomic E-state index is -3.64. The van der Waals surface area contributed by atoms with Crippen LogP contribution in [0.2, 0.25) is 0 Å². The predicted molar refractivity (Wildman–Crippen MR) is 99.6 cm³/mol. The number of benzene rings is 1. The van der Waals surface area contributed by atoms with Crippen LogP contribution in [0.4, 0.5) is 0 Å². The van der Waals surface area contributed by atoms with E-state index >= 15 is 0 Å². The second-order valence-electron chi connectivity index (χ2n) is 6.50. The van der Waals surface area contributed by atoms with Gasteiger partial charge in [-0.2, -0.15) is 4.31 Å². The van der Waals surface area contributed by atoms with Gasteiger partial charge in [0.25, 0.3) is 0 Å². The summed E-state index contributed by atoms with van der Waals surface area (Å²) in [4.78, 5) is 2.37. The molecule has 0 atom stereocenters. The number of ether oxygens (including phenoxy) is 2. The molecule has 1 fully saturated rings. The number of hydrogen-bond acceptors (Lipinski definition) is 7. The van der Waals surface area contributed by atoms with Crippen LogP contribution in [0.3, 0.4) is 0 Å². The van der Waals surface area contributed by atoms with Gasteiger partial charge in [-0.05, 0) is 26.0 Å². The van der Waals surface area contributed by atoms with Crippen LogP contribution in [0.15, 0.2) is 27.6 Å². The summed E-state index contributed by atoms with van der Waals surface area (Å²) in [5, 5.41) is 3.98. The second kappa shape index (κ2) is 7.87. The van der Waals surface area contributed by atoms with Gasteiger partial charge in [0.2, 0.25) is 10.0 Å². The highest BCUT2D eigenvalue weighted by Gasteiger charge is 2.31. The third-order valence-corrected chi connectivity index (χ3v) is 6.82. The van der Waals surface area contributed by atoms with Crippen molar-refractivity contribution < 1.29 is 22.4 Å². The molecule has 1 aliphatic rings. The Morgan fingerprint density at radius 3 is 2.37 bits per heavy atom. The number of piperazine rings is 1. The van der Waals surface area contributed by atoms with E-state index in [1.165, 1.54) is 24.6 Å². The lowest BCUT2D eigenvalue weighted by atomic mass is 10.2. The van der Waals surface area contributed by atoms with Crippen molar-refractivity contribution in [2.75, 3.05) is 40.4 Å². The van der Waals surface area contributed by atoms with Crippen LogP contribution in [-0.2, 0) is 16.6 Å². The standard InChI is InChI=1S/C18H25N3O5S/c1-13-16(14(2)26-19-13)12-20-7-9-21(10-8-20)27(22,23)18-6-5-15(24-3)11-17(18)25-4/h5-6,11H,7-10,12H2,1-4H3. The smallest absolute Gasteiger partial charge is 0.246 e. The van der Waals surface area contributed by atoms with Gasteiger partial charge in [-0.15, -0.1) is 0 Å². The molecule has 0 N–H and O–H groups in total. The van der Waals surface area contributed by atoms with Gasteiger partial charge in [-0.1, -0.05) is 5.16 Å². The fourth-order valence-electron chi connectivity index (χ4n) is 3.21. The number of sulfonamides is 1. The van der Waals surface area contributed by atoms with E-state index in [1.807, 2.05) is 13.8 Å². The van der Waals surface area contributed by atoms with E-state index < -0.39 is 10.0 Å². The summed E-state index contributed by atoms with van der Waals surface area (Å²) >= 11 is 0. The molecule has 1 saturated heterocycles. The molecular weight excluding hydrogens is 370 g/mol. The van der Waals surface area contributed by atoms with E-state index in [0.29, 0.717) is 38.5 Å². The minimum absolute atomic E-state index is 0.157. The Morgan fingerprint density at radius 1 is 1.11 bits per heavy atom. The van der Waals surface area contributed by atoms with Crippen LogP contribution < -0.4 is 9.47 Å². The molecule has 0 bridgehead atoms. The first-order valence-electron chi connectivity index (χ1n) is 8.73. The van der Waals surface area contributed by atoms with Crippen molar-refractivity contribution in [1.82, 2.24) is 14.4 Å². The zero-order chi connectivity index (χ0) is 19.6. The quantitative estimate of drug-likeness (QED) is 0.737. The molecule has 27 heavy (non-hydrogen) atoms. The van der Waals surface area contributed by atoms with Crippen LogP contribution in [0, 0.1) is 13.8 Å². The van der Waals surface area contributed by atoms with Crippen molar-refractivity contribution in [3.8, 4) is 11.5 Å². The third-order valence-electron chi connectivity index (χ3n) is 4.88. The highest BCUT2D eigenvalue weighted by molar-refractivity contribution is 7.89. The number of hydrogen-bond donors (Lipinski definition) is 0. The van der Waals surface area contributed by atoms with Crippen molar-refractivity contribution in [2.24, 2.45) is 0 Å². The van der Waals surface area contributed by atoms with Crippen LogP contribution >= 0.6 is 0 Å². The Bertz CT molecular complexity index is 882. The molecule has 2 heterocycles. The Kier molecular flexibility index (Phi) is 5.73. The molecule has 1 aromatic heterocycles. The van der Waals surface area contributed by atoms with E-state index in [2.05, 4.69) is 10.1 Å². The van der Waals surface area contributed by atoms with E-state index in [1.54, 1.807) is 12.1 Å². The van der Waals surface area contributed by atoms with Crippen molar-refractivity contribution >= 4 is 10.0 Å². The molecule has 0 spiro atoms. The van der Waals surface area contributed by atoms with Crippen molar-refractivity contribution in [2.45, 2.75) is 25.3 Å². The molecule has 0 aliphatic carbocycles. The van der Waals surface area contributed by atoms with Gasteiger partial charge in [0.05, 0.1) is 19.9 Å². The zero-order valence-corrected chi connectivity index (χ0v) is 16.9. The summed E-state index contributed by atoms with van der Waals surface area (Å²) in [6.07, 6.45) is 0. The number of rotatable bonds is 6. The Balaban J connectivity index is 1.71. The normalized spacial score (nSPS) is 16.4. The predicted octanol–water partition coefficient (Wildman–Crippen LogP) is 1.82. The average molecular weight is 395 g/mol. The molecular formula is C18H25N3O5S. The average Bonchev–Trinajstić information content (AvgIpc) is 2.99. The van der Waals surface area contributed by atoms with Crippen molar-refractivity contribution in [1.29, 1.82) is 0 Å². The molecule has 0 saturated carbocycles. The Morgan fingerprint density at radius 2 is 1.81 bits per heavy atom. The number of nitrogens with zero attached hydrogens (tertiary/aromatic N) is 3. The van der Waals surface area contributed by atoms with Crippen LogP contribution in [0.1, 0.15) is 17.0 Å². The van der Waals surface area contributed by atoms with Crippen LogP contribution in [0.25, 0.3) is 0 Å². The monoisotopic (exact) mass is 395 g/mol. The second-order valence-corrected chi connectivity index (χ2v) is 8.41. The number of aryl methyl sites for hydroxylation is 2. The zero-order valence-electron chi connectivity index (χ0n) is 16.1. The number of methoxy groups -OCH3 is 2. The van der Waals surface area contributed by atoms with Gasteiger partial charge < -0.3 is 14.0 Å². The maximum atomic E-state index is 13.1. The van der Waals surface area contributed by atoms with Crippen LogP contribution in [0.5, 0.6) is 11.5 Å². The van der Waals surface area contributed by atoms with Gasteiger partial charge >= 0.3 is 0 Å². The van der Waals surface area contributed by atoms with E-state index in [4.69, 9.17) is 14.0 Å². The van der Waals surface area contributed by atoms with Gasteiger partial charge in [0.1, 0.15) is 22.2 Å².